The average Bonchev–Trinajstić information content (AvgIpc) is 2.71. The second-order valence-electron chi connectivity index (χ2n) is 8.70. The van der Waals surface area contributed by atoms with Crippen LogP contribution in [0.3, 0.4) is 0 Å². The molecule has 3 atom stereocenters. The fraction of sp³-hybridized carbons (Fsp3) is 0.667. The van der Waals surface area contributed by atoms with Crippen molar-refractivity contribution in [1.29, 1.82) is 0 Å². The minimum Gasteiger partial charge on any atom is -0.456 e. The van der Waals surface area contributed by atoms with Crippen LogP contribution in [0.15, 0.2) is 12.2 Å². The lowest BCUT2D eigenvalue weighted by Crippen LogP contribution is -2.61. The number of ether oxygens (including phenoxy) is 1. The van der Waals surface area contributed by atoms with Crippen LogP contribution in [0, 0.1) is 5.92 Å². The van der Waals surface area contributed by atoms with Crippen LogP contribution in [-0.4, -0.2) is 71.4 Å². The zero-order chi connectivity index (χ0) is 24.6. The van der Waals surface area contributed by atoms with Gasteiger partial charge in [-0.15, -0.1) is 0 Å². The molecule has 33 heavy (non-hydrogen) atoms. The maximum Gasteiger partial charge on any atom is 0.326 e. The first-order valence-electron chi connectivity index (χ1n) is 10.8. The van der Waals surface area contributed by atoms with Crippen molar-refractivity contribution in [1.82, 2.24) is 21.3 Å². The topological polar surface area (TPSA) is 143 Å². The molecule has 1 fully saturated rings. The van der Waals surface area contributed by atoms with Gasteiger partial charge in [0.1, 0.15) is 30.3 Å². The van der Waals surface area contributed by atoms with Crippen LogP contribution in [0.4, 0.5) is 0 Å². The first-order valence-corrected chi connectivity index (χ1v) is 13.3. The zero-order valence-corrected chi connectivity index (χ0v) is 20.9. The van der Waals surface area contributed by atoms with Gasteiger partial charge in [-0.25, -0.2) is 0 Å². The highest BCUT2D eigenvalue weighted by atomic mass is 33.1. The third kappa shape index (κ3) is 8.58. The van der Waals surface area contributed by atoms with E-state index in [-0.39, 0.29) is 18.1 Å². The quantitative estimate of drug-likeness (QED) is 0.228. The molecular weight excluding hydrogens is 468 g/mol. The summed E-state index contributed by atoms with van der Waals surface area (Å²) in [6.45, 7) is 6.18. The average molecular weight is 501 g/mol. The van der Waals surface area contributed by atoms with E-state index >= 15 is 0 Å². The molecule has 10 nitrogen and oxygen atoms in total. The zero-order valence-electron chi connectivity index (χ0n) is 19.3. The third-order valence-corrected chi connectivity index (χ3v) is 7.45. The Hall–Kier alpha value is -2.21. The number of hydrogen-bond donors (Lipinski definition) is 4. The molecule has 1 saturated heterocycles. The molecule has 0 radical (unpaired) electrons. The molecule has 0 unspecified atom stereocenters. The van der Waals surface area contributed by atoms with E-state index in [9.17, 15) is 24.0 Å². The fourth-order valence-corrected chi connectivity index (χ4v) is 5.27. The van der Waals surface area contributed by atoms with Gasteiger partial charge in [0.25, 0.3) is 0 Å². The van der Waals surface area contributed by atoms with E-state index in [0.717, 1.165) is 5.75 Å². The SMILES string of the molecule is CC(C)[C@H]1NC(=O)[C@H]2CSSCC/C=C/[C@H](CC(=O)NC(C)(C)C(=O)N2)OC(=O)CNC1=O. The maximum atomic E-state index is 13.1. The van der Waals surface area contributed by atoms with E-state index in [1.807, 2.05) is 6.08 Å². The molecule has 2 aliphatic heterocycles. The Bertz CT molecular complexity index is 802. The number of carbonyl (C=O) groups excluding carboxylic acids is 5. The lowest BCUT2D eigenvalue weighted by molar-refractivity contribution is -0.149. The van der Waals surface area contributed by atoms with Crippen LogP contribution < -0.4 is 21.3 Å². The summed E-state index contributed by atoms with van der Waals surface area (Å²) in [5.74, 6) is -2.09. The number of fused-ring (bicyclic) bond motifs is 7. The summed E-state index contributed by atoms with van der Waals surface area (Å²) in [5, 5.41) is 10.5. The highest BCUT2D eigenvalue weighted by molar-refractivity contribution is 8.76. The van der Waals surface area contributed by atoms with Gasteiger partial charge in [0.15, 0.2) is 0 Å². The van der Waals surface area contributed by atoms with Crippen LogP contribution in [0.2, 0.25) is 0 Å². The van der Waals surface area contributed by atoms with Gasteiger partial charge in [0, 0.05) is 11.5 Å². The maximum absolute atomic E-state index is 13.1. The van der Waals surface area contributed by atoms with E-state index in [2.05, 4.69) is 21.3 Å². The Balaban J connectivity index is 2.44. The molecule has 0 aliphatic carbocycles. The number of allylic oxidation sites excluding steroid dienone is 1. The van der Waals surface area contributed by atoms with Crippen molar-refractivity contribution in [3.05, 3.63) is 12.2 Å². The summed E-state index contributed by atoms with van der Waals surface area (Å²) in [7, 11) is 2.96. The smallest absolute Gasteiger partial charge is 0.326 e. The lowest BCUT2D eigenvalue weighted by atomic mass is 10.0. The lowest BCUT2D eigenvalue weighted by Gasteiger charge is -2.30. The molecule has 0 saturated carbocycles. The Morgan fingerprint density at radius 2 is 1.79 bits per heavy atom. The number of amides is 4. The van der Waals surface area contributed by atoms with Gasteiger partial charge < -0.3 is 26.0 Å². The van der Waals surface area contributed by atoms with Gasteiger partial charge in [-0.1, -0.05) is 41.5 Å². The van der Waals surface area contributed by atoms with E-state index in [1.54, 1.807) is 19.9 Å². The van der Waals surface area contributed by atoms with Gasteiger partial charge in [0.05, 0.1) is 6.42 Å². The fourth-order valence-electron chi connectivity index (χ4n) is 3.12. The highest BCUT2D eigenvalue weighted by Crippen LogP contribution is 2.24. The normalized spacial score (nSPS) is 29.1. The third-order valence-electron chi connectivity index (χ3n) is 5.00. The molecule has 0 aromatic rings. The molecule has 0 aromatic carbocycles. The van der Waals surface area contributed by atoms with Gasteiger partial charge in [-0.05, 0) is 32.3 Å². The summed E-state index contributed by atoms with van der Waals surface area (Å²) in [6, 6.07) is -1.83. The first kappa shape index (κ1) is 27.0. The van der Waals surface area contributed by atoms with Crippen LogP contribution >= 0.6 is 21.6 Å². The molecule has 0 aromatic heterocycles. The molecule has 4 amide bonds. The monoisotopic (exact) mass is 500 g/mol. The van der Waals surface area contributed by atoms with Crippen LogP contribution in [-0.2, 0) is 28.7 Å². The number of rotatable bonds is 1. The van der Waals surface area contributed by atoms with Crippen LogP contribution in [0.5, 0.6) is 0 Å². The van der Waals surface area contributed by atoms with E-state index in [4.69, 9.17) is 4.74 Å². The standard InChI is InChI=1S/C21H32N4O6S2/c1-12(2)17-19(29)22-10-16(27)31-13-7-5-6-8-32-33-11-14(18(28)24-17)23-20(30)21(3,4)25-15(26)9-13/h5,7,12-14,17H,6,8-11H2,1-4H3,(H,22,29)(H,23,30)(H,24,28)(H,25,26)/b7-5+/t13-,14-,17-/m1/s1. The Labute approximate surface area is 201 Å². The number of esters is 1. The van der Waals surface area contributed by atoms with Crippen molar-refractivity contribution < 1.29 is 28.7 Å². The van der Waals surface area contributed by atoms with E-state index in [0.29, 0.717) is 6.42 Å². The summed E-state index contributed by atoms with van der Waals surface area (Å²) in [6.07, 6.45) is 3.09. The van der Waals surface area contributed by atoms with Crippen LogP contribution in [0.25, 0.3) is 0 Å². The predicted molar refractivity (Wildman–Crippen MR) is 127 cm³/mol. The Morgan fingerprint density at radius 1 is 1.06 bits per heavy atom. The molecule has 2 aliphatic rings. The predicted octanol–water partition coefficient (Wildman–Crippen LogP) is 0.280. The second-order valence-corrected chi connectivity index (χ2v) is 11.3. The molecule has 2 heterocycles. The van der Waals surface area contributed by atoms with Gasteiger partial charge in [0.2, 0.25) is 23.6 Å². The Morgan fingerprint density at radius 3 is 2.48 bits per heavy atom. The van der Waals surface area contributed by atoms with Crippen molar-refractivity contribution in [2.24, 2.45) is 5.92 Å². The van der Waals surface area contributed by atoms with Crippen molar-refractivity contribution in [2.45, 2.75) is 64.3 Å². The molecule has 0 spiro atoms. The van der Waals surface area contributed by atoms with Crippen molar-refractivity contribution >= 4 is 51.2 Å². The van der Waals surface area contributed by atoms with Gasteiger partial charge in [-0.2, -0.15) is 0 Å². The first-order chi connectivity index (χ1) is 15.5. The van der Waals surface area contributed by atoms with Crippen molar-refractivity contribution in [3.63, 3.8) is 0 Å². The summed E-state index contributed by atoms with van der Waals surface area (Å²) in [4.78, 5) is 63.7. The van der Waals surface area contributed by atoms with Gasteiger partial charge in [-0.3, -0.25) is 24.0 Å². The highest BCUT2D eigenvalue weighted by Gasteiger charge is 2.35. The number of carbonyl (C=O) groups is 5. The number of hydrogen-bond acceptors (Lipinski definition) is 8. The summed E-state index contributed by atoms with van der Waals surface area (Å²) >= 11 is 0. The minimum absolute atomic E-state index is 0.187. The van der Waals surface area contributed by atoms with Gasteiger partial charge >= 0.3 is 5.97 Å². The van der Waals surface area contributed by atoms with E-state index in [1.165, 1.54) is 35.4 Å². The minimum atomic E-state index is -1.32. The number of nitrogens with one attached hydrogen (secondary N) is 4. The second kappa shape index (κ2) is 12.3. The van der Waals surface area contributed by atoms with Crippen molar-refractivity contribution in [2.75, 3.05) is 18.1 Å². The summed E-state index contributed by atoms with van der Waals surface area (Å²) < 4.78 is 5.40. The van der Waals surface area contributed by atoms with E-state index < -0.39 is 59.9 Å². The molecule has 2 bridgehead atoms. The van der Waals surface area contributed by atoms with Crippen molar-refractivity contribution in [3.8, 4) is 0 Å². The molecular formula is C21H32N4O6S2. The summed E-state index contributed by atoms with van der Waals surface area (Å²) in [5.41, 5.74) is -1.32. The largest absolute Gasteiger partial charge is 0.456 e. The molecule has 184 valence electrons. The van der Waals surface area contributed by atoms with Crippen LogP contribution in [0.1, 0.15) is 40.5 Å². The Kier molecular flexibility index (Phi) is 10.1. The molecule has 4 N–H and O–H groups in total. The molecule has 12 heteroatoms. The molecule has 2 rings (SSSR count).